The van der Waals surface area contributed by atoms with Crippen molar-refractivity contribution in [3.8, 4) is 0 Å². The molecule has 6 nitrogen and oxygen atoms in total. The molecule has 0 radical (unpaired) electrons. The summed E-state index contributed by atoms with van der Waals surface area (Å²) in [6, 6.07) is 7.96. The quantitative estimate of drug-likeness (QED) is 0.335. The highest BCUT2D eigenvalue weighted by Crippen LogP contribution is 2.14. The van der Waals surface area contributed by atoms with Gasteiger partial charge in [0.1, 0.15) is 4.76 Å². The van der Waals surface area contributed by atoms with Crippen molar-refractivity contribution < 1.29 is 18.9 Å². The Bertz CT molecular complexity index is 632. The molecule has 6 heteroatoms. The van der Waals surface area contributed by atoms with E-state index in [0.717, 1.165) is 42.5 Å². The Kier molecular flexibility index (Phi) is 7.63. The van der Waals surface area contributed by atoms with Gasteiger partial charge in [-0.25, -0.2) is 4.79 Å². The van der Waals surface area contributed by atoms with Crippen molar-refractivity contribution in [1.29, 1.82) is 0 Å². The number of nitrogens with one attached hydrogen (secondary N) is 1. The highest BCUT2D eigenvalue weighted by molar-refractivity contribution is 5.85. The second-order valence-corrected chi connectivity index (χ2v) is 7.30. The number of quaternary nitrogens is 1. The van der Waals surface area contributed by atoms with Crippen LogP contribution in [0.4, 0.5) is 0 Å². The summed E-state index contributed by atoms with van der Waals surface area (Å²) < 4.78 is 6.57. The van der Waals surface area contributed by atoms with Gasteiger partial charge in [-0.1, -0.05) is 31.2 Å². The van der Waals surface area contributed by atoms with E-state index < -0.39 is 12.1 Å². The second kappa shape index (κ2) is 9.71. The Balaban J connectivity index is 1.86. The normalized spacial score (nSPS) is 18.2. The van der Waals surface area contributed by atoms with Crippen molar-refractivity contribution in [2.45, 2.75) is 45.4 Å². The molecule has 1 aromatic carbocycles. The van der Waals surface area contributed by atoms with E-state index in [4.69, 9.17) is 4.74 Å². The molecule has 2 rings (SSSR count). The minimum Gasteiger partial charge on any atom is -0.318 e. The average Bonchev–Trinajstić information content (AvgIpc) is 2.65. The summed E-state index contributed by atoms with van der Waals surface area (Å²) in [7, 11) is 4.30. The maximum Gasteiger partial charge on any atom is 0.461 e. The van der Waals surface area contributed by atoms with Crippen LogP contribution in [0.5, 0.6) is 0 Å². The summed E-state index contributed by atoms with van der Waals surface area (Å²) in [6.45, 7) is 4.57. The number of ether oxygens (including phenoxy) is 1. The van der Waals surface area contributed by atoms with Crippen molar-refractivity contribution >= 4 is 12.0 Å². The summed E-state index contributed by atoms with van der Waals surface area (Å²) in [6.07, 6.45) is 5.95. The molecular weight excluding hydrogens is 330 g/mol. The Hall–Kier alpha value is -1.89. The van der Waals surface area contributed by atoms with E-state index in [2.05, 4.69) is 26.4 Å². The highest BCUT2D eigenvalue weighted by atomic mass is 16.5. The monoisotopic (exact) mass is 361 g/mol. The number of rotatable bonds is 8. The third-order valence-electron chi connectivity index (χ3n) is 4.53. The minimum atomic E-state index is -0.640. The summed E-state index contributed by atoms with van der Waals surface area (Å²) in [5.41, 5.74) is 5.57. The van der Waals surface area contributed by atoms with Gasteiger partial charge in [0.2, 0.25) is 0 Å². The summed E-state index contributed by atoms with van der Waals surface area (Å²) in [5, 5.41) is 0. The maximum atomic E-state index is 12.0. The van der Waals surface area contributed by atoms with Crippen LogP contribution < -0.4 is 5.43 Å². The molecule has 26 heavy (non-hydrogen) atoms. The van der Waals surface area contributed by atoms with Crippen molar-refractivity contribution in [3.05, 3.63) is 46.4 Å². The minimum absolute atomic E-state index is 0.446. The van der Waals surface area contributed by atoms with Crippen LogP contribution in [0, 0.1) is 4.91 Å². The van der Waals surface area contributed by atoms with Crippen LogP contribution in [0.3, 0.4) is 0 Å². The maximum absolute atomic E-state index is 12.0. The van der Waals surface area contributed by atoms with Crippen LogP contribution in [0.1, 0.15) is 43.7 Å². The fourth-order valence-corrected chi connectivity index (χ4v) is 2.98. The van der Waals surface area contributed by atoms with Crippen molar-refractivity contribution in [1.82, 2.24) is 5.43 Å². The lowest BCUT2D eigenvalue weighted by Crippen LogP contribution is -2.51. The summed E-state index contributed by atoms with van der Waals surface area (Å²) in [4.78, 5) is 24.0. The Morgan fingerprint density at radius 3 is 2.65 bits per heavy atom. The lowest BCUT2D eigenvalue weighted by molar-refractivity contribution is -0.935. The SMILES string of the molecule is CCC[N+](C)(C)NCc1ccc(C=CC(=O)[N+](=O)C2CCCCO2)cc1. The van der Waals surface area contributed by atoms with E-state index in [1.807, 2.05) is 24.3 Å². The van der Waals surface area contributed by atoms with Gasteiger partial charge in [0, 0.05) is 11.3 Å². The molecule has 1 aliphatic rings. The molecule has 1 heterocycles. The van der Waals surface area contributed by atoms with Crippen LogP contribution in [-0.4, -0.2) is 48.7 Å². The first kappa shape index (κ1) is 20.4. The molecule has 1 unspecified atom stereocenters. The number of nitrogens with zero attached hydrogens (tertiary/aromatic N) is 2. The predicted molar refractivity (Wildman–Crippen MR) is 102 cm³/mol. The standard InChI is InChI=1S/C20H31N3O3/c1-4-14-23(2,3)21-16-18-10-8-17(9-11-18)12-13-19(24)22(25)20-7-5-6-15-26-20/h8-13,20-21H,4-7,14-16H2,1-3H3/q+2. The molecule has 1 amide bonds. The van der Waals surface area contributed by atoms with E-state index >= 15 is 0 Å². The zero-order valence-corrected chi connectivity index (χ0v) is 16.1. The fourth-order valence-electron chi connectivity index (χ4n) is 2.98. The first-order chi connectivity index (χ1) is 12.4. The first-order valence-corrected chi connectivity index (χ1v) is 9.38. The number of carbonyl (C=O) groups excluding carboxylic acids is 1. The molecule has 1 fully saturated rings. The van der Waals surface area contributed by atoms with E-state index in [1.54, 1.807) is 6.08 Å². The van der Waals surface area contributed by atoms with Gasteiger partial charge in [-0.3, -0.25) is 4.59 Å². The topological polar surface area (TPSA) is 58.4 Å². The van der Waals surface area contributed by atoms with Gasteiger partial charge >= 0.3 is 12.1 Å². The Morgan fingerprint density at radius 2 is 2.04 bits per heavy atom. The van der Waals surface area contributed by atoms with E-state index in [0.29, 0.717) is 17.8 Å². The average molecular weight is 361 g/mol. The molecule has 0 spiro atoms. The molecule has 1 N–H and O–H groups in total. The zero-order valence-electron chi connectivity index (χ0n) is 16.1. The van der Waals surface area contributed by atoms with Crippen molar-refractivity contribution in [3.63, 3.8) is 0 Å². The van der Waals surface area contributed by atoms with Crippen LogP contribution in [0.25, 0.3) is 6.08 Å². The molecule has 1 atom stereocenters. The van der Waals surface area contributed by atoms with Crippen molar-refractivity contribution in [2.75, 3.05) is 27.2 Å². The second-order valence-electron chi connectivity index (χ2n) is 7.30. The van der Waals surface area contributed by atoms with Gasteiger partial charge in [-0.2, -0.15) is 5.43 Å². The largest absolute Gasteiger partial charge is 0.461 e. The Labute approximate surface area is 156 Å². The molecule has 0 saturated carbocycles. The molecule has 1 aromatic rings. The molecule has 1 aliphatic heterocycles. The third kappa shape index (κ3) is 6.44. The number of hydrogen-bond donors (Lipinski definition) is 1. The molecule has 0 aromatic heterocycles. The summed E-state index contributed by atoms with van der Waals surface area (Å²) in [5.74, 6) is -0.568. The van der Waals surface area contributed by atoms with E-state index in [-0.39, 0.29) is 0 Å². The van der Waals surface area contributed by atoms with Crippen LogP contribution in [0.15, 0.2) is 30.3 Å². The molecule has 142 valence electrons. The number of carbonyl (C=O) groups is 1. The van der Waals surface area contributed by atoms with E-state index in [9.17, 15) is 9.70 Å². The van der Waals surface area contributed by atoms with Gasteiger partial charge in [0.05, 0.1) is 39.9 Å². The number of benzene rings is 1. The van der Waals surface area contributed by atoms with Gasteiger partial charge in [0.25, 0.3) is 0 Å². The Morgan fingerprint density at radius 1 is 1.31 bits per heavy atom. The molecule has 1 saturated heterocycles. The zero-order chi connectivity index (χ0) is 19.0. The van der Waals surface area contributed by atoms with Crippen LogP contribution >= 0.6 is 0 Å². The number of amides is 1. The fraction of sp³-hybridized carbons (Fsp3) is 0.550. The lowest BCUT2D eigenvalue weighted by atomic mass is 10.1. The molecular formula is C20H31N3O3+2. The smallest absolute Gasteiger partial charge is 0.318 e. The van der Waals surface area contributed by atoms with Gasteiger partial charge < -0.3 is 4.74 Å². The predicted octanol–water partition coefficient (Wildman–Crippen LogP) is 3.02. The van der Waals surface area contributed by atoms with Crippen LogP contribution in [0.2, 0.25) is 0 Å². The van der Waals surface area contributed by atoms with E-state index in [1.165, 1.54) is 11.6 Å². The summed E-state index contributed by atoms with van der Waals surface area (Å²) >= 11 is 0. The lowest BCUT2D eigenvalue weighted by Gasteiger charge is -2.29. The highest BCUT2D eigenvalue weighted by Gasteiger charge is 2.33. The van der Waals surface area contributed by atoms with Gasteiger partial charge in [-0.15, -0.1) is 0 Å². The molecule has 0 bridgehead atoms. The van der Waals surface area contributed by atoms with Crippen LogP contribution in [-0.2, 0) is 16.1 Å². The van der Waals surface area contributed by atoms with Gasteiger partial charge in [-0.05, 0) is 36.5 Å². The number of hydrogen-bond acceptors (Lipinski definition) is 4. The number of nitroso groups, excluding NO2 is 1. The third-order valence-corrected chi connectivity index (χ3v) is 4.53. The van der Waals surface area contributed by atoms with Gasteiger partial charge in [0.15, 0.2) is 0 Å². The molecule has 0 aliphatic carbocycles. The van der Waals surface area contributed by atoms with Crippen molar-refractivity contribution in [2.24, 2.45) is 0 Å². The first-order valence-electron chi connectivity index (χ1n) is 9.38.